The molecule has 1 heterocycles. The smallest absolute Gasteiger partial charge is 0.240 e. The maximum Gasteiger partial charge on any atom is 0.240 e. The maximum atomic E-state index is 11.7. The summed E-state index contributed by atoms with van der Waals surface area (Å²) in [6.45, 7) is 0. The molecule has 0 spiro atoms. The van der Waals surface area contributed by atoms with Gasteiger partial charge in [0.25, 0.3) is 0 Å². The molecule has 0 N–H and O–H groups in total. The number of nitrogens with zero attached hydrogens (tertiary/aromatic N) is 1. The average Bonchev–Trinajstić information content (AvgIpc) is 2.80. The van der Waals surface area contributed by atoms with Crippen LogP contribution in [0.2, 0.25) is 0 Å². The molecule has 0 bridgehead atoms. The Morgan fingerprint density at radius 2 is 1.60 bits per heavy atom. The number of anilines is 1. The van der Waals surface area contributed by atoms with Crippen molar-refractivity contribution < 1.29 is 13.7 Å². The standard InChI is InChI=1S/C15H13NO3S/c17-15-10-20(18)11-16(15)12-6-8-14(9-7-12)19-13-4-2-1-3-5-13/h1-9H,10-11H2/t20-/m1/s1. The lowest BCUT2D eigenvalue weighted by molar-refractivity contribution is -0.115. The van der Waals surface area contributed by atoms with Gasteiger partial charge < -0.3 is 4.74 Å². The second kappa shape index (κ2) is 5.46. The summed E-state index contributed by atoms with van der Waals surface area (Å²) in [6, 6.07) is 16.7. The van der Waals surface area contributed by atoms with Crippen LogP contribution in [0.3, 0.4) is 0 Å². The van der Waals surface area contributed by atoms with Gasteiger partial charge in [0.15, 0.2) is 0 Å². The van der Waals surface area contributed by atoms with Crippen molar-refractivity contribution >= 4 is 22.4 Å². The summed E-state index contributed by atoms with van der Waals surface area (Å²) in [4.78, 5) is 13.2. The molecule has 102 valence electrons. The number of carbonyl (C=O) groups excluding carboxylic acids is 1. The quantitative estimate of drug-likeness (QED) is 0.871. The predicted molar refractivity (Wildman–Crippen MR) is 78.3 cm³/mol. The second-order valence-electron chi connectivity index (χ2n) is 4.44. The van der Waals surface area contributed by atoms with Crippen LogP contribution < -0.4 is 9.64 Å². The van der Waals surface area contributed by atoms with E-state index in [1.54, 1.807) is 29.2 Å². The molecule has 3 rings (SSSR count). The van der Waals surface area contributed by atoms with Crippen LogP contribution in [0, 0.1) is 0 Å². The van der Waals surface area contributed by atoms with Crippen LogP contribution in [0.15, 0.2) is 54.6 Å². The Morgan fingerprint density at radius 3 is 2.20 bits per heavy atom. The number of hydrogen-bond donors (Lipinski definition) is 0. The Balaban J connectivity index is 1.75. The van der Waals surface area contributed by atoms with Gasteiger partial charge in [-0.1, -0.05) is 18.2 Å². The van der Waals surface area contributed by atoms with E-state index in [0.717, 1.165) is 11.4 Å². The molecule has 5 heteroatoms. The fraction of sp³-hybridized carbons (Fsp3) is 0.133. The van der Waals surface area contributed by atoms with Crippen LogP contribution in [0.25, 0.3) is 0 Å². The zero-order valence-corrected chi connectivity index (χ0v) is 11.5. The zero-order chi connectivity index (χ0) is 13.9. The van der Waals surface area contributed by atoms with E-state index >= 15 is 0 Å². The summed E-state index contributed by atoms with van der Waals surface area (Å²) in [5, 5.41) is 0. The third kappa shape index (κ3) is 2.72. The Kier molecular flexibility index (Phi) is 3.52. The van der Waals surface area contributed by atoms with Crippen molar-refractivity contribution in [2.75, 3.05) is 16.5 Å². The van der Waals surface area contributed by atoms with Gasteiger partial charge in [0.2, 0.25) is 5.91 Å². The van der Waals surface area contributed by atoms with Crippen LogP contribution in [-0.2, 0) is 15.6 Å². The van der Waals surface area contributed by atoms with Crippen molar-refractivity contribution in [3.05, 3.63) is 54.6 Å². The summed E-state index contributed by atoms with van der Waals surface area (Å²) in [5.41, 5.74) is 0.751. The van der Waals surface area contributed by atoms with E-state index in [1.165, 1.54) is 0 Å². The second-order valence-corrected chi connectivity index (χ2v) is 5.87. The highest BCUT2D eigenvalue weighted by molar-refractivity contribution is 7.86. The van der Waals surface area contributed by atoms with E-state index in [1.807, 2.05) is 30.3 Å². The molecule has 1 aliphatic rings. The highest BCUT2D eigenvalue weighted by Crippen LogP contribution is 2.25. The van der Waals surface area contributed by atoms with Gasteiger partial charge in [-0.2, -0.15) is 0 Å². The minimum Gasteiger partial charge on any atom is -0.457 e. The number of ether oxygens (including phenoxy) is 1. The SMILES string of the molecule is O=C1C[S@@](=O)CN1c1ccc(Oc2ccccc2)cc1. The van der Waals surface area contributed by atoms with Crippen molar-refractivity contribution in [3.8, 4) is 11.5 Å². The molecule has 1 aliphatic heterocycles. The molecule has 1 fully saturated rings. The molecule has 1 saturated heterocycles. The van der Waals surface area contributed by atoms with Gasteiger partial charge in [-0.15, -0.1) is 0 Å². The zero-order valence-electron chi connectivity index (χ0n) is 10.7. The van der Waals surface area contributed by atoms with Gasteiger partial charge in [0.05, 0.1) is 10.8 Å². The van der Waals surface area contributed by atoms with E-state index < -0.39 is 10.8 Å². The van der Waals surface area contributed by atoms with Gasteiger partial charge in [-0.05, 0) is 36.4 Å². The lowest BCUT2D eigenvalue weighted by Gasteiger charge is -2.14. The molecular formula is C15H13NO3S. The van der Waals surface area contributed by atoms with Crippen molar-refractivity contribution in [2.45, 2.75) is 0 Å². The monoisotopic (exact) mass is 287 g/mol. The first-order valence-corrected chi connectivity index (χ1v) is 7.69. The minimum atomic E-state index is -1.08. The third-order valence-electron chi connectivity index (χ3n) is 2.99. The minimum absolute atomic E-state index is 0.0972. The fourth-order valence-electron chi connectivity index (χ4n) is 2.01. The van der Waals surface area contributed by atoms with Crippen LogP contribution in [0.1, 0.15) is 0 Å². The summed E-state index contributed by atoms with van der Waals surface area (Å²) in [5.74, 6) is 1.76. The largest absolute Gasteiger partial charge is 0.457 e. The Morgan fingerprint density at radius 1 is 0.950 bits per heavy atom. The van der Waals surface area contributed by atoms with Crippen LogP contribution in [-0.4, -0.2) is 21.7 Å². The normalized spacial score (nSPS) is 18.3. The number of amides is 1. The summed E-state index contributed by atoms with van der Waals surface area (Å²) < 4.78 is 17.0. The molecular weight excluding hydrogens is 274 g/mol. The van der Waals surface area contributed by atoms with Crippen molar-refractivity contribution in [1.29, 1.82) is 0 Å². The molecule has 2 aromatic carbocycles. The van der Waals surface area contributed by atoms with E-state index in [-0.39, 0.29) is 17.5 Å². The number of rotatable bonds is 3. The summed E-state index contributed by atoms with van der Waals surface area (Å²) in [7, 11) is -1.08. The molecule has 4 nitrogen and oxygen atoms in total. The number of hydrogen-bond acceptors (Lipinski definition) is 3. The van der Waals surface area contributed by atoms with E-state index in [9.17, 15) is 9.00 Å². The third-order valence-corrected chi connectivity index (χ3v) is 4.10. The van der Waals surface area contributed by atoms with Crippen molar-refractivity contribution in [2.24, 2.45) is 0 Å². The first kappa shape index (κ1) is 12.9. The lowest BCUT2D eigenvalue weighted by atomic mass is 10.2. The highest BCUT2D eigenvalue weighted by atomic mass is 32.2. The van der Waals surface area contributed by atoms with Crippen LogP contribution >= 0.6 is 0 Å². The van der Waals surface area contributed by atoms with Gasteiger partial charge in [-0.25, -0.2) is 0 Å². The van der Waals surface area contributed by atoms with Gasteiger partial charge >= 0.3 is 0 Å². The summed E-state index contributed by atoms with van der Waals surface area (Å²) in [6.07, 6.45) is 0. The summed E-state index contributed by atoms with van der Waals surface area (Å²) >= 11 is 0. The van der Waals surface area contributed by atoms with E-state index in [0.29, 0.717) is 5.75 Å². The molecule has 0 unspecified atom stereocenters. The molecule has 20 heavy (non-hydrogen) atoms. The van der Waals surface area contributed by atoms with Crippen LogP contribution in [0.4, 0.5) is 5.69 Å². The Hall–Kier alpha value is -2.14. The molecule has 0 aliphatic carbocycles. The first-order valence-electron chi connectivity index (χ1n) is 6.21. The molecule has 1 amide bonds. The Labute approximate surface area is 119 Å². The van der Waals surface area contributed by atoms with Crippen LogP contribution in [0.5, 0.6) is 11.5 Å². The average molecular weight is 287 g/mol. The van der Waals surface area contributed by atoms with Crippen molar-refractivity contribution in [1.82, 2.24) is 0 Å². The topological polar surface area (TPSA) is 46.6 Å². The molecule has 0 saturated carbocycles. The number of para-hydroxylation sites is 1. The van der Waals surface area contributed by atoms with Gasteiger partial charge in [0.1, 0.15) is 23.1 Å². The molecule has 2 aromatic rings. The Bertz CT molecular complexity index is 640. The van der Waals surface area contributed by atoms with Crippen molar-refractivity contribution in [3.63, 3.8) is 0 Å². The lowest BCUT2D eigenvalue weighted by Crippen LogP contribution is -2.24. The van der Waals surface area contributed by atoms with Gasteiger partial charge in [-0.3, -0.25) is 13.9 Å². The molecule has 1 atom stereocenters. The molecule has 0 radical (unpaired) electrons. The predicted octanol–water partition coefficient (Wildman–Crippen LogP) is 2.53. The van der Waals surface area contributed by atoms with E-state index in [4.69, 9.17) is 4.74 Å². The molecule has 0 aromatic heterocycles. The maximum absolute atomic E-state index is 11.7. The fourth-order valence-corrected chi connectivity index (χ4v) is 3.12. The number of benzene rings is 2. The first-order chi connectivity index (χ1) is 9.72. The van der Waals surface area contributed by atoms with E-state index in [2.05, 4.69) is 0 Å². The highest BCUT2D eigenvalue weighted by Gasteiger charge is 2.27. The van der Waals surface area contributed by atoms with Gasteiger partial charge in [0, 0.05) is 5.69 Å². The number of carbonyl (C=O) groups is 1.